The Bertz CT molecular complexity index is 421. The summed E-state index contributed by atoms with van der Waals surface area (Å²) in [4.78, 5) is 24.9. The van der Waals surface area contributed by atoms with Crippen LogP contribution in [-0.4, -0.2) is 36.3 Å². The average molecular weight is 304 g/mol. The molecule has 0 radical (unpaired) electrons. The number of furan rings is 1. The third-order valence-electron chi connectivity index (χ3n) is 2.83. The third kappa shape index (κ3) is 5.63. The number of amides is 2. The summed E-state index contributed by atoms with van der Waals surface area (Å²) in [6, 6.07) is 2.96. The molecule has 0 bridgehead atoms. The number of carbonyl (C=O) groups excluding carboxylic acids is 2. The molecule has 114 valence electrons. The van der Waals surface area contributed by atoms with E-state index in [0.29, 0.717) is 12.3 Å². The van der Waals surface area contributed by atoms with Crippen molar-refractivity contribution in [3.8, 4) is 0 Å². The fraction of sp³-hybridized carbons (Fsp3) is 0.538. The lowest BCUT2D eigenvalue weighted by Gasteiger charge is -2.18. The zero-order valence-corrected chi connectivity index (χ0v) is 12.8. The maximum atomic E-state index is 11.8. The molecule has 0 aliphatic rings. The van der Waals surface area contributed by atoms with Gasteiger partial charge in [-0.15, -0.1) is 12.4 Å². The van der Waals surface area contributed by atoms with Crippen molar-refractivity contribution in [3.05, 3.63) is 24.2 Å². The van der Waals surface area contributed by atoms with Gasteiger partial charge in [0.1, 0.15) is 5.76 Å². The van der Waals surface area contributed by atoms with Crippen LogP contribution in [0.5, 0.6) is 0 Å². The summed E-state index contributed by atoms with van der Waals surface area (Å²) in [5.41, 5.74) is 5.68. The summed E-state index contributed by atoms with van der Waals surface area (Å²) in [6.45, 7) is 4.03. The number of nitrogens with one attached hydrogen (secondary N) is 1. The molecule has 0 aromatic carbocycles. The number of nitrogens with zero attached hydrogens (tertiary/aromatic N) is 1. The van der Waals surface area contributed by atoms with E-state index in [0.717, 1.165) is 0 Å². The van der Waals surface area contributed by atoms with Gasteiger partial charge in [0.05, 0.1) is 25.4 Å². The second-order valence-electron chi connectivity index (χ2n) is 4.82. The second kappa shape index (κ2) is 8.60. The highest BCUT2D eigenvalue weighted by atomic mass is 35.5. The van der Waals surface area contributed by atoms with E-state index in [1.54, 1.807) is 25.4 Å². The smallest absolute Gasteiger partial charge is 0.242 e. The van der Waals surface area contributed by atoms with Crippen LogP contribution in [0.3, 0.4) is 0 Å². The van der Waals surface area contributed by atoms with Crippen molar-refractivity contribution in [2.45, 2.75) is 26.4 Å². The van der Waals surface area contributed by atoms with Crippen molar-refractivity contribution >= 4 is 24.2 Å². The predicted octanol–water partition coefficient (Wildman–Crippen LogP) is 0.759. The molecule has 7 heteroatoms. The van der Waals surface area contributed by atoms with Crippen molar-refractivity contribution in [2.24, 2.45) is 11.7 Å². The zero-order chi connectivity index (χ0) is 14.4. The van der Waals surface area contributed by atoms with Crippen LogP contribution >= 0.6 is 12.4 Å². The number of rotatable bonds is 6. The largest absolute Gasteiger partial charge is 0.467 e. The Balaban J connectivity index is 0.00000361. The molecular weight excluding hydrogens is 282 g/mol. The molecule has 0 aliphatic carbocycles. The Morgan fingerprint density at radius 1 is 1.45 bits per heavy atom. The average Bonchev–Trinajstić information content (AvgIpc) is 2.86. The number of likely N-dealkylation sites (N-methyl/N-ethyl adjacent to an activating group) is 1. The highest BCUT2D eigenvalue weighted by Crippen LogP contribution is 2.03. The van der Waals surface area contributed by atoms with Crippen molar-refractivity contribution in [1.29, 1.82) is 0 Å². The van der Waals surface area contributed by atoms with E-state index in [2.05, 4.69) is 5.32 Å². The predicted molar refractivity (Wildman–Crippen MR) is 78.3 cm³/mol. The summed E-state index contributed by atoms with van der Waals surface area (Å²) >= 11 is 0. The minimum Gasteiger partial charge on any atom is -0.467 e. The molecule has 6 nitrogen and oxygen atoms in total. The van der Waals surface area contributed by atoms with E-state index in [4.69, 9.17) is 10.2 Å². The van der Waals surface area contributed by atoms with Gasteiger partial charge in [0.2, 0.25) is 11.8 Å². The van der Waals surface area contributed by atoms with E-state index in [1.807, 2.05) is 13.8 Å². The number of hydrogen-bond donors (Lipinski definition) is 2. The lowest BCUT2D eigenvalue weighted by molar-refractivity contribution is -0.133. The molecule has 0 saturated carbocycles. The molecule has 1 rings (SSSR count). The van der Waals surface area contributed by atoms with Gasteiger partial charge in [0.25, 0.3) is 0 Å². The van der Waals surface area contributed by atoms with Gasteiger partial charge in [-0.3, -0.25) is 9.59 Å². The highest BCUT2D eigenvalue weighted by molar-refractivity contribution is 5.87. The highest BCUT2D eigenvalue weighted by Gasteiger charge is 2.18. The van der Waals surface area contributed by atoms with Crippen LogP contribution in [-0.2, 0) is 16.1 Å². The molecule has 0 unspecified atom stereocenters. The SMILES string of the molecule is CC(C)[C@H](N)C(=O)NCC(=O)N(C)Cc1ccco1.Cl. The van der Waals surface area contributed by atoms with Gasteiger partial charge in [-0.2, -0.15) is 0 Å². The van der Waals surface area contributed by atoms with Gasteiger partial charge in [-0.05, 0) is 18.1 Å². The maximum absolute atomic E-state index is 11.8. The Morgan fingerprint density at radius 2 is 2.10 bits per heavy atom. The van der Waals surface area contributed by atoms with Crippen LogP contribution in [0.1, 0.15) is 19.6 Å². The molecule has 1 aromatic heterocycles. The lowest BCUT2D eigenvalue weighted by Crippen LogP contribution is -2.47. The number of nitrogens with two attached hydrogens (primary N) is 1. The summed E-state index contributed by atoms with van der Waals surface area (Å²) in [5, 5.41) is 2.54. The summed E-state index contributed by atoms with van der Waals surface area (Å²) < 4.78 is 5.15. The van der Waals surface area contributed by atoms with Crippen LogP contribution < -0.4 is 11.1 Å². The van der Waals surface area contributed by atoms with E-state index in [9.17, 15) is 9.59 Å². The molecule has 0 spiro atoms. The normalized spacial score (nSPS) is 11.7. The molecular formula is C13H22ClN3O3. The van der Waals surface area contributed by atoms with Crippen LogP contribution in [0, 0.1) is 5.92 Å². The molecule has 1 heterocycles. The second-order valence-corrected chi connectivity index (χ2v) is 4.82. The van der Waals surface area contributed by atoms with Gasteiger partial charge < -0.3 is 20.4 Å². The summed E-state index contributed by atoms with van der Waals surface area (Å²) in [7, 11) is 1.65. The minimum atomic E-state index is -0.594. The first-order valence-electron chi connectivity index (χ1n) is 6.21. The molecule has 0 fully saturated rings. The van der Waals surface area contributed by atoms with Crippen LogP contribution in [0.4, 0.5) is 0 Å². The van der Waals surface area contributed by atoms with Crippen molar-refractivity contribution in [1.82, 2.24) is 10.2 Å². The molecule has 0 aliphatic heterocycles. The quantitative estimate of drug-likeness (QED) is 0.812. The topological polar surface area (TPSA) is 88.6 Å². The zero-order valence-electron chi connectivity index (χ0n) is 12.0. The van der Waals surface area contributed by atoms with Crippen LogP contribution in [0.15, 0.2) is 22.8 Å². The van der Waals surface area contributed by atoms with Gasteiger partial charge >= 0.3 is 0 Å². The first-order valence-corrected chi connectivity index (χ1v) is 6.21. The summed E-state index contributed by atoms with van der Waals surface area (Å²) in [6.07, 6.45) is 1.55. The van der Waals surface area contributed by atoms with Crippen molar-refractivity contribution < 1.29 is 14.0 Å². The Labute approximate surface area is 125 Å². The Kier molecular flexibility index (Phi) is 7.94. The van der Waals surface area contributed by atoms with E-state index >= 15 is 0 Å². The maximum Gasteiger partial charge on any atom is 0.242 e. The molecule has 20 heavy (non-hydrogen) atoms. The number of carbonyl (C=O) groups is 2. The van der Waals surface area contributed by atoms with Crippen molar-refractivity contribution in [3.63, 3.8) is 0 Å². The van der Waals surface area contributed by atoms with E-state index < -0.39 is 6.04 Å². The van der Waals surface area contributed by atoms with Gasteiger partial charge in [0.15, 0.2) is 0 Å². The van der Waals surface area contributed by atoms with Crippen LogP contribution in [0.2, 0.25) is 0 Å². The molecule has 3 N–H and O–H groups in total. The third-order valence-corrected chi connectivity index (χ3v) is 2.83. The first-order chi connectivity index (χ1) is 8.91. The van der Waals surface area contributed by atoms with Crippen molar-refractivity contribution in [2.75, 3.05) is 13.6 Å². The van der Waals surface area contributed by atoms with E-state index in [1.165, 1.54) is 4.90 Å². The molecule has 1 aromatic rings. The number of hydrogen-bond acceptors (Lipinski definition) is 4. The lowest BCUT2D eigenvalue weighted by atomic mass is 10.1. The molecule has 1 atom stereocenters. The van der Waals surface area contributed by atoms with Gasteiger partial charge in [-0.1, -0.05) is 13.8 Å². The monoisotopic (exact) mass is 303 g/mol. The minimum absolute atomic E-state index is 0. The fourth-order valence-electron chi connectivity index (χ4n) is 1.44. The van der Waals surface area contributed by atoms with Gasteiger partial charge in [-0.25, -0.2) is 0 Å². The Hall–Kier alpha value is -1.53. The van der Waals surface area contributed by atoms with Crippen LogP contribution in [0.25, 0.3) is 0 Å². The van der Waals surface area contributed by atoms with Gasteiger partial charge in [0, 0.05) is 7.05 Å². The molecule has 0 saturated heterocycles. The molecule has 2 amide bonds. The first kappa shape index (κ1) is 18.5. The van der Waals surface area contributed by atoms with E-state index in [-0.39, 0.29) is 36.7 Å². The summed E-state index contributed by atoms with van der Waals surface area (Å²) in [5.74, 6) is 0.229. The standard InChI is InChI=1S/C13H21N3O3.ClH/c1-9(2)12(14)13(18)15-7-11(17)16(3)8-10-5-4-6-19-10;/h4-6,9,12H,7-8,14H2,1-3H3,(H,15,18);1H/t12-;/m0./s1. The Morgan fingerprint density at radius 3 is 2.60 bits per heavy atom. The fourth-order valence-corrected chi connectivity index (χ4v) is 1.44. The number of halogens is 1.